The predicted octanol–water partition coefficient (Wildman–Crippen LogP) is 0.273. The van der Waals surface area contributed by atoms with Crippen LogP contribution in [0.1, 0.15) is 6.92 Å². The highest BCUT2D eigenvalue weighted by atomic mass is 32.2. The second-order valence-electron chi connectivity index (χ2n) is 2.69. The third-order valence-corrected chi connectivity index (χ3v) is 3.27. The van der Waals surface area contributed by atoms with Gasteiger partial charge in [-0.05, 0) is 12.1 Å². The summed E-state index contributed by atoms with van der Waals surface area (Å²) >= 11 is 0. The quantitative estimate of drug-likeness (QED) is 0.499. The van der Waals surface area contributed by atoms with Crippen molar-refractivity contribution in [2.75, 3.05) is 12.3 Å². The summed E-state index contributed by atoms with van der Waals surface area (Å²) in [5.41, 5.74) is 5.30. The summed E-state index contributed by atoms with van der Waals surface area (Å²) in [4.78, 5) is -0.0978. The first-order valence-electron chi connectivity index (χ1n) is 4.06. The van der Waals surface area contributed by atoms with Gasteiger partial charge in [-0.1, -0.05) is 13.0 Å². The highest BCUT2D eigenvalue weighted by Gasteiger charge is 2.17. The van der Waals surface area contributed by atoms with Gasteiger partial charge >= 0.3 is 0 Å². The minimum absolute atomic E-state index is 0.0978. The normalized spacial score (nSPS) is 11.5. The lowest BCUT2D eigenvalue weighted by Gasteiger charge is -2.08. The first-order chi connectivity index (χ1) is 6.49. The monoisotopic (exact) mass is 216 g/mol. The Morgan fingerprint density at radius 2 is 2.14 bits per heavy atom. The molecule has 0 saturated carbocycles. The topological polar surface area (TPSA) is 92.4 Å². The fraction of sp³-hybridized carbons (Fsp3) is 0.250. The molecule has 78 valence electrons. The number of phenols is 1. The summed E-state index contributed by atoms with van der Waals surface area (Å²) in [6.07, 6.45) is 0. The van der Waals surface area contributed by atoms with Crippen LogP contribution in [0.25, 0.3) is 0 Å². The molecular weight excluding hydrogens is 204 g/mol. The average Bonchev–Trinajstić information content (AvgIpc) is 2.09. The molecule has 0 bridgehead atoms. The van der Waals surface area contributed by atoms with Gasteiger partial charge < -0.3 is 10.8 Å². The molecule has 0 radical (unpaired) electrons. The number of rotatable bonds is 3. The Labute approximate surface area is 82.6 Å². The summed E-state index contributed by atoms with van der Waals surface area (Å²) in [6.45, 7) is 1.94. The van der Waals surface area contributed by atoms with Gasteiger partial charge in [0.25, 0.3) is 0 Å². The number of para-hydroxylation sites is 1. The molecule has 1 aromatic carbocycles. The molecule has 14 heavy (non-hydrogen) atoms. The SMILES string of the molecule is CCNS(=O)(=O)c1cccc(O)c1N. The van der Waals surface area contributed by atoms with Crippen LogP contribution in [0.2, 0.25) is 0 Å². The highest BCUT2D eigenvalue weighted by Crippen LogP contribution is 2.26. The van der Waals surface area contributed by atoms with Gasteiger partial charge in [0.05, 0.1) is 5.69 Å². The van der Waals surface area contributed by atoms with Crippen molar-refractivity contribution in [2.24, 2.45) is 0 Å². The van der Waals surface area contributed by atoms with E-state index in [9.17, 15) is 13.5 Å². The number of nitrogen functional groups attached to an aromatic ring is 1. The van der Waals surface area contributed by atoms with Gasteiger partial charge in [-0.15, -0.1) is 0 Å². The van der Waals surface area contributed by atoms with E-state index >= 15 is 0 Å². The van der Waals surface area contributed by atoms with Crippen molar-refractivity contribution in [3.63, 3.8) is 0 Å². The number of aromatic hydroxyl groups is 1. The molecule has 0 amide bonds. The van der Waals surface area contributed by atoms with Crippen molar-refractivity contribution in [2.45, 2.75) is 11.8 Å². The van der Waals surface area contributed by atoms with Crippen LogP contribution in [-0.4, -0.2) is 20.1 Å². The Morgan fingerprint density at radius 3 is 2.71 bits per heavy atom. The number of phenolic OH excluding ortho intramolecular Hbond substituents is 1. The Balaban J connectivity index is 3.27. The van der Waals surface area contributed by atoms with Gasteiger partial charge in [-0.25, -0.2) is 13.1 Å². The average molecular weight is 216 g/mol. The van der Waals surface area contributed by atoms with Crippen LogP contribution in [-0.2, 0) is 10.0 Å². The van der Waals surface area contributed by atoms with E-state index < -0.39 is 10.0 Å². The van der Waals surface area contributed by atoms with Crippen molar-refractivity contribution in [1.82, 2.24) is 4.72 Å². The molecule has 0 spiro atoms. The van der Waals surface area contributed by atoms with Gasteiger partial charge in [0, 0.05) is 6.54 Å². The molecule has 5 nitrogen and oxygen atoms in total. The van der Waals surface area contributed by atoms with Gasteiger partial charge in [-0.3, -0.25) is 0 Å². The number of hydrogen-bond acceptors (Lipinski definition) is 4. The molecule has 0 aliphatic rings. The smallest absolute Gasteiger partial charge is 0.242 e. The summed E-state index contributed by atoms with van der Waals surface area (Å²) in [7, 11) is -3.60. The van der Waals surface area contributed by atoms with E-state index in [0.717, 1.165) is 0 Å². The molecule has 1 aromatic rings. The van der Waals surface area contributed by atoms with Crippen LogP contribution in [0, 0.1) is 0 Å². The lowest BCUT2D eigenvalue weighted by atomic mass is 10.3. The molecule has 0 heterocycles. The Bertz CT molecular complexity index is 428. The molecule has 4 N–H and O–H groups in total. The lowest BCUT2D eigenvalue weighted by molar-refractivity contribution is 0.476. The largest absolute Gasteiger partial charge is 0.506 e. The molecular formula is C8H12N2O3S. The van der Waals surface area contributed by atoms with Crippen molar-refractivity contribution in [3.8, 4) is 5.75 Å². The summed E-state index contributed by atoms with van der Waals surface area (Å²) in [6, 6.07) is 4.10. The van der Waals surface area contributed by atoms with E-state index in [0.29, 0.717) is 0 Å². The molecule has 0 aliphatic heterocycles. The van der Waals surface area contributed by atoms with Gasteiger partial charge in [-0.2, -0.15) is 0 Å². The van der Waals surface area contributed by atoms with Crippen LogP contribution in [0.15, 0.2) is 23.1 Å². The van der Waals surface area contributed by atoms with E-state index in [1.807, 2.05) is 0 Å². The molecule has 0 saturated heterocycles. The molecule has 0 atom stereocenters. The van der Waals surface area contributed by atoms with E-state index in [2.05, 4.69) is 4.72 Å². The minimum Gasteiger partial charge on any atom is -0.506 e. The highest BCUT2D eigenvalue weighted by molar-refractivity contribution is 7.89. The fourth-order valence-corrected chi connectivity index (χ4v) is 2.22. The Kier molecular flexibility index (Phi) is 2.97. The van der Waals surface area contributed by atoms with Crippen LogP contribution >= 0.6 is 0 Å². The second kappa shape index (κ2) is 3.85. The summed E-state index contributed by atoms with van der Waals surface area (Å²) in [5, 5.41) is 9.21. The maximum atomic E-state index is 11.5. The first-order valence-corrected chi connectivity index (χ1v) is 5.54. The zero-order valence-electron chi connectivity index (χ0n) is 7.69. The molecule has 0 aliphatic carbocycles. The first kappa shape index (κ1) is 10.8. The van der Waals surface area contributed by atoms with Crippen LogP contribution in [0.3, 0.4) is 0 Å². The number of benzene rings is 1. The maximum Gasteiger partial charge on any atom is 0.242 e. The minimum atomic E-state index is -3.60. The van der Waals surface area contributed by atoms with Crippen molar-refractivity contribution in [3.05, 3.63) is 18.2 Å². The summed E-state index contributed by atoms with van der Waals surface area (Å²) in [5.74, 6) is -0.232. The number of sulfonamides is 1. The van der Waals surface area contributed by atoms with Gasteiger partial charge in [0.15, 0.2) is 0 Å². The van der Waals surface area contributed by atoms with E-state index in [1.54, 1.807) is 6.92 Å². The standard InChI is InChI=1S/C8H12N2O3S/c1-2-10-14(12,13)7-5-3-4-6(11)8(7)9/h3-5,10-11H,2,9H2,1H3. The third-order valence-electron chi connectivity index (χ3n) is 1.67. The van der Waals surface area contributed by atoms with Gasteiger partial charge in [0.1, 0.15) is 10.6 Å². The zero-order valence-corrected chi connectivity index (χ0v) is 8.50. The zero-order chi connectivity index (χ0) is 10.8. The molecule has 1 rings (SSSR count). The van der Waals surface area contributed by atoms with E-state index in [1.165, 1.54) is 18.2 Å². The molecule has 0 unspecified atom stereocenters. The Hall–Kier alpha value is -1.27. The summed E-state index contributed by atoms with van der Waals surface area (Å²) < 4.78 is 25.3. The van der Waals surface area contributed by atoms with Crippen molar-refractivity contribution in [1.29, 1.82) is 0 Å². The van der Waals surface area contributed by atoms with Gasteiger partial charge in [0.2, 0.25) is 10.0 Å². The number of anilines is 1. The third kappa shape index (κ3) is 1.97. The van der Waals surface area contributed by atoms with Crippen LogP contribution < -0.4 is 10.5 Å². The number of nitrogens with one attached hydrogen (secondary N) is 1. The van der Waals surface area contributed by atoms with E-state index in [4.69, 9.17) is 5.73 Å². The van der Waals surface area contributed by atoms with Crippen molar-refractivity contribution >= 4 is 15.7 Å². The predicted molar refractivity (Wildman–Crippen MR) is 53.4 cm³/mol. The van der Waals surface area contributed by atoms with Crippen LogP contribution in [0.4, 0.5) is 5.69 Å². The lowest BCUT2D eigenvalue weighted by Crippen LogP contribution is -2.24. The maximum absolute atomic E-state index is 11.5. The Morgan fingerprint density at radius 1 is 1.50 bits per heavy atom. The second-order valence-corrected chi connectivity index (χ2v) is 4.43. The number of hydrogen-bond donors (Lipinski definition) is 3. The van der Waals surface area contributed by atoms with Crippen LogP contribution in [0.5, 0.6) is 5.75 Å². The molecule has 0 fully saturated rings. The van der Waals surface area contributed by atoms with Crippen molar-refractivity contribution < 1.29 is 13.5 Å². The molecule has 6 heteroatoms. The fourth-order valence-electron chi connectivity index (χ4n) is 1.03. The number of nitrogens with two attached hydrogens (primary N) is 1. The van der Waals surface area contributed by atoms with E-state index in [-0.39, 0.29) is 22.9 Å². The molecule has 0 aromatic heterocycles.